The fourth-order valence-corrected chi connectivity index (χ4v) is 6.08. The van der Waals surface area contributed by atoms with Crippen molar-refractivity contribution in [2.24, 2.45) is 5.92 Å². The van der Waals surface area contributed by atoms with Gasteiger partial charge in [0.1, 0.15) is 6.54 Å². The highest BCUT2D eigenvalue weighted by atomic mass is 127. The van der Waals surface area contributed by atoms with E-state index in [1.165, 1.54) is 30.7 Å². The molecule has 4 rings (SSSR count). The van der Waals surface area contributed by atoms with Gasteiger partial charge in [-0.15, -0.1) is 0 Å². The van der Waals surface area contributed by atoms with Crippen molar-refractivity contribution in [3.63, 3.8) is 0 Å². The maximum absolute atomic E-state index is 13.4. The van der Waals surface area contributed by atoms with Crippen molar-refractivity contribution in [2.75, 3.05) is 28.8 Å². The Kier molecular flexibility index (Phi) is 8.33. The van der Waals surface area contributed by atoms with Crippen molar-refractivity contribution < 1.29 is 13.2 Å². The molecule has 0 spiro atoms. The summed E-state index contributed by atoms with van der Waals surface area (Å²) in [6.45, 7) is 4.46. The Morgan fingerprint density at radius 3 is 2.37 bits per heavy atom. The van der Waals surface area contributed by atoms with Gasteiger partial charge in [-0.2, -0.15) is 0 Å². The summed E-state index contributed by atoms with van der Waals surface area (Å²) in [6.07, 6.45) is 2.49. The van der Waals surface area contributed by atoms with Crippen LogP contribution in [0.1, 0.15) is 25.3 Å². The molecule has 0 aromatic heterocycles. The van der Waals surface area contributed by atoms with Gasteiger partial charge in [0.15, 0.2) is 0 Å². The number of hydrogen-bond acceptors (Lipinski definition) is 4. The predicted octanol–water partition coefficient (Wildman–Crippen LogP) is 5.04. The normalized spacial score (nSPS) is 16.1. The SMILES string of the molecule is CC1CCCN(c2ccc(CNC(=O)CN(c3ccc(I)cc3)S(=O)(=O)c3ccccc3)cc2)C1. The van der Waals surface area contributed by atoms with Crippen molar-refractivity contribution in [2.45, 2.75) is 31.2 Å². The lowest BCUT2D eigenvalue weighted by molar-refractivity contribution is -0.119. The topological polar surface area (TPSA) is 69.7 Å². The molecule has 1 N–H and O–H groups in total. The van der Waals surface area contributed by atoms with E-state index in [1.807, 2.05) is 24.3 Å². The lowest BCUT2D eigenvalue weighted by Crippen LogP contribution is -2.40. The van der Waals surface area contributed by atoms with Crippen LogP contribution < -0.4 is 14.5 Å². The van der Waals surface area contributed by atoms with Gasteiger partial charge in [-0.05, 0) is 95.4 Å². The highest BCUT2D eigenvalue weighted by Crippen LogP contribution is 2.25. The van der Waals surface area contributed by atoms with Gasteiger partial charge in [0.25, 0.3) is 10.0 Å². The van der Waals surface area contributed by atoms with Gasteiger partial charge >= 0.3 is 0 Å². The molecule has 1 aliphatic rings. The molecule has 0 aliphatic carbocycles. The van der Waals surface area contributed by atoms with Crippen LogP contribution in [0.15, 0.2) is 83.8 Å². The lowest BCUT2D eigenvalue weighted by atomic mass is 9.99. The van der Waals surface area contributed by atoms with Gasteiger partial charge < -0.3 is 10.2 Å². The standard InChI is InChI=1S/C27H30IN3O3S/c1-21-6-5-17-30(19-21)24-13-9-22(10-14-24)18-29-27(32)20-31(25-15-11-23(28)12-16-25)35(33,34)26-7-3-2-4-8-26/h2-4,7-16,21H,5-6,17-20H2,1H3,(H,29,32). The summed E-state index contributed by atoms with van der Waals surface area (Å²) in [5.41, 5.74) is 2.62. The minimum atomic E-state index is -3.90. The number of amides is 1. The Morgan fingerprint density at radius 2 is 1.71 bits per heavy atom. The van der Waals surface area contributed by atoms with Crippen LogP contribution in [0.3, 0.4) is 0 Å². The van der Waals surface area contributed by atoms with Gasteiger partial charge in [0.05, 0.1) is 10.6 Å². The molecular weight excluding hydrogens is 573 g/mol. The van der Waals surface area contributed by atoms with Crippen molar-refractivity contribution in [3.8, 4) is 0 Å². The van der Waals surface area contributed by atoms with Crippen molar-refractivity contribution in [3.05, 3.63) is 88.0 Å². The molecule has 8 heteroatoms. The van der Waals surface area contributed by atoms with E-state index in [1.54, 1.807) is 30.3 Å². The molecule has 1 saturated heterocycles. The summed E-state index contributed by atoms with van der Waals surface area (Å²) in [5.74, 6) is 0.336. The van der Waals surface area contributed by atoms with Crippen LogP contribution in [0.5, 0.6) is 0 Å². The molecule has 1 fully saturated rings. The van der Waals surface area contributed by atoms with E-state index >= 15 is 0 Å². The van der Waals surface area contributed by atoms with Gasteiger partial charge in [-0.1, -0.05) is 37.3 Å². The summed E-state index contributed by atoms with van der Waals surface area (Å²) in [6, 6.07) is 23.5. The third-order valence-corrected chi connectivity index (χ3v) is 8.69. The van der Waals surface area contributed by atoms with E-state index in [0.29, 0.717) is 18.2 Å². The van der Waals surface area contributed by atoms with Crippen LogP contribution in [0.2, 0.25) is 0 Å². The number of nitrogens with one attached hydrogen (secondary N) is 1. The summed E-state index contributed by atoms with van der Waals surface area (Å²) >= 11 is 2.16. The number of anilines is 2. The van der Waals surface area contributed by atoms with E-state index in [0.717, 1.165) is 26.5 Å². The second-order valence-corrected chi connectivity index (χ2v) is 12.0. The van der Waals surface area contributed by atoms with E-state index < -0.39 is 10.0 Å². The summed E-state index contributed by atoms with van der Waals surface area (Å²) in [4.78, 5) is 15.4. The number of rotatable bonds is 8. The molecule has 6 nitrogen and oxygen atoms in total. The quantitative estimate of drug-likeness (QED) is 0.367. The monoisotopic (exact) mass is 603 g/mol. The number of hydrogen-bond donors (Lipinski definition) is 1. The van der Waals surface area contributed by atoms with Crippen LogP contribution in [0, 0.1) is 9.49 Å². The first kappa shape index (κ1) is 25.5. The third kappa shape index (κ3) is 6.55. The number of sulfonamides is 1. The van der Waals surface area contributed by atoms with Crippen molar-refractivity contribution >= 4 is 49.9 Å². The maximum Gasteiger partial charge on any atom is 0.264 e. The molecule has 0 bridgehead atoms. The summed E-state index contributed by atoms with van der Waals surface area (Å²) in [5, 5.41) is 2.88. The van der Waals surface area contributed by atoms with Crippen molar-refractivity contribution in [1.82, 2.24) is 5.32 Å². The zero-order chi connectivity index (χ0) is 24.8. The number of carbonyl (C=O) groups excluding carboxylic acids is 1. The zero-order valence-corrected chi connectivity index (χ0v) is 22.7. The zero-order valence-electron chi connectivity index (χ0n) is 19.7. The van der Waals surface area contributed by atoms with Gasteiger partial charge in [0.2, 0.25) is 5.91 Å². The summed E-state index contributed by atoms with van der Waals surface area (Å²) < 4.78 is 28.9. The first-order valence-electron chi connectivity index (χ1n) is 11.8. The Labute approximate surface area is 221 Å². The lowest BCUT2D eigenvalue weighted by Gasteiger charge is -2.32. The molecule has 1 heterocycles. The minimum absolute atomic E-state index is 0.147. The molecule has 0 radical (unpaired) electrons. The number of benzene rings is 3. The number of carbonyl (C=O) groups is 1. The molecule has 1 aliphatic heterocycles. The fraction of sp³-hybridized carbons (Fsp3) is 0.296. The van der Waals surface area contributed by atoms with Gasteiger partial charge in [0, 0.05) is 28.9 Å². The number of nitrogens with zero attached hydrogens (tertiary/aromatic N) is 2. The number of piperidine rings is 1. The molecule has 35 heavy (non-hydrogen) atoms. The highest BCUT2D eigenvalue weighted by molar-refractivity contribution is 14.1. The smallest absolute Gasteiger partial charge is 0.264 e. The molecule has 1 unspecified atom stereocenters. The first-order valence-corrected chi connectivity index (χ1v) is 14.3. The molecule has 3 aromatic rings. The van der Waals surface area contributed by atoms with Crippen LogP contribution in [-0.2, 0) is 21.4 Å². The fourth-order valence-electron chi connectivity index (χ4n) is 4.28. The van der Waals surface area contributed by atoms with Crippen LogP contribution in [0.25, 0.3) is 0 Å². The first-order chi connectivity index (χ1) is 16.8. The average Bonchev–Trinajstić information content (AvgIpc) is 2.87. The van der Waals surface area contributed by atoms with Gasteiger partial charge in [-0.3, -0.25) is 9.10 Å². The largest absolute Gasteiger partial charge is 0.371 e. The molecule has 1 atom stereocenters. The third-order valence-electron chi connectivity index (χ3n) is 6.18. The Balaban J connectivity index is 1.44. The highest BCUT2D eigenvalue weighted by Gasteiger charge is 2.27. The van der Waals surface area contributed by atoms with E-state index in [2.05, 4.69) is 51.9 Å². The Bertz CT molecular complexity index is 1230. The number of halogens is 1. The van der Waals surface area contributed by atoms with E-state index in [4.69, 9.17) is 0 Å². The summed E-state index contributed by atoms with van der Waals surface area (Å²) in [7, 11) is -3.90. The molecule has 1 amide bonds. The Hall–Kier alpha value is -2.59. The van der Waals surface area contributed by atoms with Gasteiger partial charge in [-0.25, -0.2) is 8.42 Å². The van der Waals surface area contributed by atoms with E-state index in [9.17, 15) is 13.2 Å². The van der Waals surface area contributed by atoms with Crippen LogP contribution in [0.4, 0.5) is 11.4 Å². The molecular formula is C27H30IN3O3S. The average molecular weight is 604 g/mol. The van der Waals surface area contributed by atoms with Crippen molar-refractivity contribution in [1.29, 1.82) is 0 Å². The second kappa shape index (κ2) is 11.4. The predicted molar refractivity (Wildman–Crippen MR) is 149 cm³/mol. The van der Waals surface area contributed by atoms with Crippen LogP contribution >= 0.6 is 22.6 Å². The molecule has 3 aromatic carbocycles. The Morgan fingerprint density at radius 1 is 1.03 bits per heavy atom. The second-order valence-electron chi connectivity index (χ2n) is 8.94. The minimum Gasteiger partial charge on any atom is -0.371 e. The molecule has 184 valence electrons. The van der Waals surface area contributed by atoms with Crippen LogP contribution in [-0.4, -0.2) is 34.0 Å². The van der Waals surface area contributed by atoms with E-state index in [-0.39, 0.29) is 17.3 Å². The maximum atomic E-state index is 13.4. The molecule has 0 saturated carbocycles.